The molecule has 3 atom stereocenters. The van der Waals surface area contributed by atoms with Crippen LogP contribution in [0.1, 0.15) is 30.7 Å². The summed E-state index contributed by atoms with van der Waals surface area (Å²) in [5.74, 6) is -0.729. The van der Waals surface area contributed by atoms with E-state index in [1.165, 1.54) is 4.57 Å². The van der Waals surface area contributed by atoms with Crippen LogP contribution < -0.4 is 10.9 Å². The molecule has 0 saturated heterocycles. The summed E-state index contributed by atoms with van der Waals surface area (Å²) < 4.78 is 14.5. The molecule has 4 rings (SSSR count). The van der Waals surface area contributed by atoms with Gasteiger partial charge >= 0.3 is 0 Å². The minimum Gasteiger partial charge on any atom is -0.387 e. The molecule has 2 N–H and O–H groups in total. The molecule has 29 heavy (non-hydrogen) atoms. The number of aryl methyl sites for hydroxylation is 2. The molecule has 1 saturated carbocycles. The Hall–Kier alpha value is -3.13. The molecule has 0 aliphatic heterocycles. The van der Waals surface area contributed by atoms with Crippen LogP contribution in [-0.4, -0.2) is 31.7 Å². The second-order valence-corrected chi connectivity index (χ2v) is 7.50. The fourth-order valence-electron chi connectivity index (χ4n) is 3.37. The lowest BCUT2D eigenvalue weighted by atomic mass is 10.0. The predicted octanol–water partition coefficient (Wildman–Crippen LogP) is 2.65. The average molecular weight is 396 g/mol. The van der Waals surface area contributed by atoms with Crippen molar-refractivity contribution < 1.29 is 14.3 Å². The molecule has 0 radical (unpaired) electrons. The number of aliphatic hydroxyl groups is 1. The van der Waals surface area contributed by atoms with Crippen LogP contribution in [0.2, 0.25) is 0 Å². The number of nitrogens with one attached hydrogen (secondary N) is 1. The number of carbonyl (C=O) groups excluding carboxylic acids is 1. The summed E-state index contributed by atoms with van der Waals surface area (Å²) in [6.45, 7) is 3.49. The van der Waals surface area contributed by atoms with E-state index in [-0.39, 0.29) is 17.8 Å². The van der Waals surface area contributed by atoms with Gasteiger partial charge in [-0.1, -0.05) is 0 Å². The molecule has 150 valence electrons. The Morgan fingerprint density at radius 2 is 2.00 bits per heavy atom. The van der Waals surface area contributed by atoms with Gasteiger partial charge in [0.05, 0.1) is 23.2 Å². The van der Waals surface area contributed by atoms with Crippen LogP contribution in [0.4, 0.5) is 10.2 Å². The van der Waals surface area contributed by atoms with E-state index in [0.29, 0.717) is 27.7 Å². The summed E-state index contributed by atoms with van der Waals surface area (Å²) in [4.78, 5) is 33.4. The van der Waals surface area contributed by atoms with E-state index in [4.69, 9.17) is 0 Å². The third kappa shape index (κ3) is 3.51. The molecule has 0 bridgehead atoms. The maximum atomic E-state index is 13.1. The summed E-state index contributed by atoms with van der Waals surface area (Å²) in [6.07, 6.45) is 1.62. The van der Waals surface area contributed by atoms with E-state index in [0.717, 1.165) is 5.56 Å². The number of alkyl halides is 1. The number of halogens is 1. The maximum absolute atomic E-state index is 13.1. The van der Waals surface area contributed by atoms with Crippen molar-refractivity contribution in [3.05, 3.63) is 52.2 Å². The summed E-state index contributed by atoms with van der Waals surface area (Å²) in [6, 6.07) is 5.10. The fourth-order valence-corrected chi connectivity index (χ4v) is 3.37. The SMILES string of the molecule is Cc1cc([C@@H](C)O)ncc1-c1cc2cnc(NC(=O)[C@@H]3C[C@@H]3F)cc2n(C)c1=O. The van der Waals surface area contributed by atoms with Crippen LogP contribution in [0.25, 0.3) is 22.0 Å². The Balaban J connectivity index is 1.74. The Bertz CT molecular complexity index is 1190. The molecule has 8 heteroatoms. The van der Waals surface area contributed by atoms with E-state index < -0.39 is 24.1 Å². The number of aromatic nitrogens is 3. The van der Waals surface area contributed by atoms with Crippen molar-refractivity contribution in [3.8, 4) is 11.1 Å². The number of anilines is 1. The van der Waals surface area contributed by atoms with Gasteiger partial charge in [-0.3, -0.25) is 14.6 Å². The Morgan fingerprint density at radius 1 is 1.28 bits per heavy atom. The molecular weight excluding hydrogens is 375 g/mol. The van der Waals surface area contributed by atoms with Crippen molar-refractivity contribution in [3.63, 3.8) is 0 Å². The number of carbonyl (C=O) groups is 1. The van der Waals surface area contributed by atoms with Crippen molar-refractivity contribution in [1.82, 2.24) is 14.5 Å². The van der Waals surface area contributed by atoms with Crippen LogP contribution >= 0.6 is 0 Å². The monoisotopic (exact) mass is 396 g/mol. The Kier molecular flexibility index (Phi) is 4.66. The van der Waals surface area contributed by atoms with Gasteiger partial charge in [-0.25, -0.2) is 9.37 Å². The topological polar surface area (TPSA) is 97.1 Å². The zero-order chi connectivity index (χ0) is 20.9. The van der Waals surface area contributed by atoms with Crippen LogP contribution in [0.5, 0.6) is 0 Å². The summed E-state index contributed by atoms with van der Waals surface area (Å²) >= 11 is 0. The molecule has 3 heterocycles. The molecule has 0 spiro atoms. The van der Waals surface area contributed by atoms with Crippen molar-refractivity contribution >= 4 is 22.6 Å². The first-order valence-corrected chi connectivity index (χ1v) is 9.36. The lowest BCUT2D eigenvalue weighted by Gasteiger charge is -2.13. The van der Waals surface area contributed by atoms with E-state index >= 15 is 0 Å². The van der Waals surface area contributed by atoms with Gasteiger partial charge in [-0.15, -0.1) is 0 Å². The Labute approximate surface area is 166 Å². The second kappa shape index (κ2) is 7.04. The predicted molar refractivity (Wildman–Crippen MR) is 107 cm³/mol. The molecular formula is C21H21FN4O3. The number of rotatable bonds is 4. The number of hydrogen-bond acceptors (Lipinski definition) is 5. The standard InChI is InChI=1S/C21H21FN4O3/c1-10-4-17(11(2)27)23-9-15(10)13-5-12-8-24-19(7-18(12)26(3)21(13)29)25-20(28)14-6-16(14)22/h4-5,7-9,11,14,16,27H,6H2,1-3H3,(H,24,25,28)/t11-,14-,16+/m1/s1. The number of fused-ring (bicyclic) bond motifs is 1. The molecule has 3 aromatic heterocycles. The first-order valence-electron chi connectivity index (χ1n) is 9.36. The highest BCUT2D eigenvalue weighted by atomic mass is 19.1. The largest absolute Gasteiger partial charge is 0.387 e. The second-order valence-electron chi connectivity index (χ2n) is 7.50. The van der Waals surface area contributed by atoms with Gasteiger partial charge < -0.3 is 15.0 Å². The zero-order valence-electron chi connectivity index (χ0n) is 16.3. The molecule has 3 aromatic rings. The quantitative estimate of drug-likeness (QED) is 0.707. The summed E-state index contributed by atoms with van der Waals surface area (Å²) in [5.41, 5.74) is 2.90. The molecule has 1 fully saturated rings. The van der Waals surface area contributed by atoms with E-state index in [2.05, 4.69) is 15.3 Å². The van der Waals surface area contributed by atoms with Gasteiger partial charge in [0.1, 0.15) is 12.0 Å². The number of amides is 1. The smallest absolute Gasteiger partial charge is 0.258 e. The van der Waals surface area contributed by atoms with Crippen LogP contribution in [0.15, 0.2) is 35.4 Å². The minimum absolute atomic E-state index is 0.221. The molecule has 0 unspecified atom stereocenters. The number of pyridine rings is 3. The highest BCUT2D eigenvalue weighted by Gasteiger charge is 2.43. The van der Waals surface area contributed by atoms with E-state index in [1.54, 1.807) is 44.6 Å². The fraction of sp³-hybridized carbons (Fsp3) is 0.333. The first-order chi connectivity index (χ1) is 13.8. The molecule has 1 amide bonds. The number of aliphatic hydroxyl groups excluding tert-OH is 1. The van der Waals surface area contributed by atoms with Crippen molar-refractivity contribution in [2.75, 3.05) is 5.32 Å². The number of hydrogen-bond donors (Lipinski definition) is 2. The van der Waals surface area contributed by atoms with Gasteiger partial charge in [0.25, 0.3) is 5.56 Å². The highest BCUT2D eigenvalue weighted by molar-refractivity contribution is 5.95. The van der Waals surface area contributed by atoms with E-state index in [1.807, 2.05) is 6.92 Å². The van der Waals surface area contributed by atoms with Gasteiger partial charge in [-0.05, 0) is 38.0 Å². The van der Waals surface area contributed by atoms with E-state index in [9.17, 15) is 19.1 Å². The normalized spacial score (nSPS) is 19.2. The lowest BCUT2D eigenvalue weighted by molar-refractivity contribution is -0.117. The summed E-state index contributed by atoms with van der Waals surface area (Å²) in [5, 5.41) is 13.0. The molecule has 1 aliphatic rings. The average Bonchev–Trinajstić information content (AvgIpc) is 3.42. The maximum Gasteiger partial charge on any atom is 0.258 e. The van der Waals surface area contributed by atoms with Gasteiger partial charge in [0, 0.05) is 42.0 Å². The Morgan fingerprint density at radius 3 is 2.62 bits per heavy atom. The summed E-state index contributed by atoms with van der Waals surface area (Å²) in [7, 11) is 1.64. The van der Waals surface area contributed by atoms with Crippen LogP contribution in [0, 0.1) is 12.8 Å². The first kappa shape index (κ1) is 19.2. The third-order valence-electron chi connectivity index (χ3n) is 5.26. The lowest BCUT2D eigenvalue weighted by Crippen LogP contribution is -2.20. The third-order valence-corrected chi connectivity index (χ3v) is 5.26. The highest BCUT2D eigenvalue weighted by Crippen LogP contribution is 2.34. The zero-order valence-corrected chi connectivity index (χ0v) is 16.3. The molecule has 0 aromatic carbocycles. The van der Waals surface area contributed by atoms with Gasteiger partial charge in [-0.2, -0.15) is 0 Å². The van der Waals surface area contributed by atoms with Crippen molar-refractivity contribution in [1.29, 1.82) is 0 Å². The molecule has 7 nitrogen and oxygen atoms in total. The van der Waals surface area contributed by atoms with Crippen molar-refractivity contribution in [2.45, 2.75) is 32.5 Å². The molecule has 1 aliphatic carbocycles. The van der Waals surface area contributed by atoms with Crippen LogP contribution in [-0.2, 0) is 11.8 Å². The van der Waals surface area contributed by atoms with Gasteiger partial charge in [0.15, 0.2) is 0 Å². The number of nitrogens with zero attached hydrogens (tertiary/aromatic N) is 3. The van der Waals surface area contributed by atoms with Crippen molar-refractivity contribution in [2.24, 2.45) is 13.0 Å². The van der Waals surface area contributed by atoms with Gasteiger partial charge in [0.2, 0.25) is 5.91 Å². The minimum atomic E-state index is -1.08. The van der Waals surface area contributed by atoms with Crippen LogP contribution in [0.3, 0.4) is 0 Å².